The summed E-state index contributed by atoms with van der Waals surface area (Å²) in [5.74, 6) is 0.723. The van der Waals surface area contributed by atoms with E-state index in [4.69, 9.17) is 4.74 Å². The molecule has 1 aliphatic rings. The summed E-state index contributed by atoms with van der Waals surface area (Å²) in [6.07, 6.45) is 2.44. The van der Waals surface area contributed by atoms with E-state index in [1.807, 2.05) is 0 Å². The van der Waals surface area contributed by atoms with Crippen LogP contribution in [0.2, 0.25) is 0 Å². The highest BCUT2D eigenvalue weighted by molar-refractivity contribution is 9.09. The molecule has 2 rings (SSSR count). The number of halogens is 1. The van der Waals surface area contributed by atoms with E-state index in [2.05, 4.69) is 48.0 Å². The number of hydrogen-bond donors (Lipinski definition) is 0. The third kappa shape index (κ3) is 2.33. The molecule has 1 aromatic carbocycles. The molecule has 1 unspecified atom stereocenters. The molecule has 1 atom stereocenters. The molecular formula is C14H19BrO. The summed E-state index contributed by atoms with van der Waals surface area (Å²) in [5.41, 5.74) is 4.12. The Bertz CT molecular complexity index is 358. The summed E-state index contributed by atoms with van der Waals surface area (Å²) in [5, 5.41) is 0. The van der Waals surface area contributed by atoms with Gasteiger partial charge in [-0.1, -0.05) is 60.8 Å². The quantitative estimate of drug-likeness (QED) is 0.734. The Kier molecular flexibility index (Phi) is 4.04. The molecule has 1 aliphatic heterocycles. The molecule has 0 spiro atoms. The number of alkyl halides is 1. The minimum atomic E-state index is 0.480. The van der Waals surface area contributed by atoms with Crippen molar-refractivity contribution < 1.29 is 4.74 Å². The minimum Gasteiger partial charge on any atom is -0.372 e. The molecule has 1 nitrogen and oxygen atoms in total. The van der Waals surface area contributed by atoms with E-state index in [0.717, 1.165) is 19.1 Å². The zero-order valence-electron chi connectivity index (χ0n) is 10.0. The number of rotatable bonds is 4. The van der Waals surface area contributed by atoms with Gasteiger partial charge >= 0.3 is 0 Å². The van der Waals surface area contributed by atoms with Gasteiger partial charge in [-0.25, -0.2) is 0 Å². The zero-order chi connectivity index (χ0) is 11.5. The van der Waals surface area contributed by atoms with E-state index in [1.54, 1.807) is 0 Å². The summed E-state index contributed by atoms with van der Waals surface area (Å²) in [6, 6.07) is 6.76. The van der Waals surface area contributed by atoms with E-state index in [0.29, 0.717) is 4.83 Å². The fourth-order valence-electron chi connectivity index (χ4n) is 2.34. The summed E-state index contributed by atoms with van der Waals surface area (Å²) in [6.45, 7) is 6.09. The predicted octanol–water partition coefficient (Wildman–Crippen LogP) is 4.59. The maximum Gasteiger partial charge on any atom is 0.0725 e. The van der Waals surface area contributed by atoms with Gasteiger partial charge < -0.3 is 4.74 Å². The summed E-state index contributed by atoms with van der Waals surface area (Å²) in [7, 11) is 0. The Balaban J connectivity index is 2.20. The Morgan fingerprint density at radius 1 is 1.19 bits per heavy atom. The van der Waals surface area contributed by atoms with E-state index in [-0.39, 0.29) is 0 Å². The Morgan fingerprint density at radius 2 is 1.88 bits per heavy atom. The molecule has 0 saturated heterocycles. The van der Waals surface area contributed by atoms with Crippen molar-refractivity contribution in [1.82, 2.24) is 0 Å². The largest absolute Gasteiger partial charge is 0.372 e. The van der Waals surface area contributed by atoms with Crippen LogP contribution >= 0.6 is 15.9 Å². The predicted molar refractivity (Wildman–Crippen MR) is 70.7 cm³/mol. The molecule has 1 heterocycles. The van der Waals surface area contributed by atoms with Gasteiger partial charge in [0.15, 0.2) is 0 Å². The summed E-state index contributed by atoms with van der Waals surface area (Å²) < 4.78 is 5.45. The molecule has 0 N–H and O–H groups in total. The lowest BCUT2D eigenvalue weighted by Crippen LogP contribution is -2.05. The molecule has 0 fully saturated rings. The van der Waals surface area contributed by atoms with Crippen LogP contribution < -0.4 is 0 Å². The first kappa shape index (κ1) is 12.1. The highest BCUT2D eigenvalue weighted by Crippen LogP contribution is 2.36. The highest BCUT2D eigenvalue weighted by Gasteiger charge is 2.19. The maximum atomic E-state index is 5.45. The number of ether oxygens (including phenoxy) is 1. The SMILES string of the molecule is CCC(CC)C(Br)c1ccc2c(c1)COC2. The van der Waals surface area contributed by atoms with Gasteiger partial charge in [-0.05, 0) is 22.6 Å². The monoisotopic (exact) mass is 282 g/mol. The van der Waals surface area contributed by atoms with Gasteiger partial charge in [0.25, 0.3) is 0 Å². The summed E-state index contributed by atoms with van der Waals surface area (Å²) >= 11 is 3.84. The summed E-state index contributed by atoms with van der Waals surface area (Å²) in [4.78, 5) is 0.480. The lowest BCUT2D eigenvalue weighted by Gasteiger charge is -2.20. The van der Waals surface area contributed by atoms with Crippen LogP contribution in [-0.4, -0.2) is 0 Å². The molecule has 0 aromatic heterocycles. The maximum absolute atomic E-state index is 5.45. The van der Waals surface area contributed by atoms with Gasteiger partial charge in [0.1, 0.15) is 0 Å². The first-order valence-corrected chi connectivity index (χ1v) is 7.01. The van der Waals surface area contributed by atoms with E-state index < -0.39 is 0 Å². The minimum absolute atomic E-state index is 0.480. The highest BCUT2D eigenvalue weighted by atomic mass is 79.9. The standard InChI is InChI=1S/C14H19BrO/c1-3-10(4-2)14(15)11-5-6-12-8-16-9-13(12)7-11/h5-7,10,14H,3-4,8-9H2,1-2H3. The molecule has 2 heteroatoms. The molecule has 0 bridgehead atoms. The molecule has 0 aliphatic carbocycles. The average molecular weight is 283 g/mol. The first-order valence-electron chi connectivity index (χ1n) is 6.09. The van der Waals surface area contributed by atoms with Gasteiger partial charge in [0.2, 0.25) is 0 Å². The van der Waals surface area contributed by atoms with E-state index >= 15 is 0 Å². The fourth-order valence-corrected chi connectivity index (χ4v) is 3.37. The third-order valence-corrected chi connectivity index (χ3v) is 4.80. The number of benzene rings is 1. The van der Waals surface area contributed by atoms with Gasteiger partial charge in [-0.2, -0.15) is 0 Å². The van der Waals surface area contributed by atoms with Crippen molar-refractivity contribution in [2.24, 2.45) is 5.92 Å². The van der Waals surface area contributed by atoms with Crippen LogP contribution in [0.1, 0.15) is 48.2 Å². The van der Waals surface area contributed by atoms with E-state index in [1.165, 1.54) is 29.5 Å². The van der Waals surface area contributed by atoms with Crippen molar-refractivity contribution in [3.8, 4) is 0 Å². The van der Waals surface area contributed by atoms with Crippen molar-refractivity contribution in [2.75, 3.05) is 0 Å². The van der Waals surface area contributed by atoms with Crippen LogP contribution in [0.3, 0.4) is 0 Å². The third-order valence-electron chi connectivity index (χ3n) is 3.53. The molecule has 1 aromatic rings. The number of fused-ring (bicyclic) bond motifs is 1. The number of hydrogen-bond acceptors (Lipinski definition) is 1. The van der Waals surface area contributed by atoms with Crippen LogP contribution in [0.4, 0.5) is 0 Å². The van der Waals surface area contributed by atoms with Gasteiger partial charge in [0, 0.05) is 4.83 Å². The first-order chi connectivity index (χ1) is 7.76. The van der Waals surface area contributed by atoms with E-state index in [9.17, 15) is 0 Å². The smallest absolute Gasteiger partial charge is 0.0725 e. The van der Waals surface area contributed by atoms with Gasteiger partial charge in [-0.3, -0.25) is 0 Å². The van der Waals surface area contributed by atoms with Crippen LogP contribution in [0.25, 0.3) is 0 Å². The van der Waals surface area contributed by atoms with Crippen LogP contribution in [0.15, 0.2) is 18.2 Å². The van der Waals surface area contributed by atoms with Crippen LogP contribution in [-0.2, 0) is 18.0 Å². The fraction of sp³-hybridized carbons (Fsp3) is 0.571. The van der Waals surface area contributed by atoms with Gasteiger partial charge in [0.05, 0.1) is 13.2 Å². The second-order valence-corrected chi connectivity index (χ2v) is 5.49. The van der Waals surface area contributed by atoms with Crippen molar-refractivity contribution in [1.29, 1.82) is 0 Å². The molecule has 0 amide bonds. The second-order valence-electron chi connectivity index (χ2n) is 4.50. The van der Waals surface area contributed by atoms with Crippen LogP contribution in [0.5, 0.6) is 0 Å². The average Bonchev–Trinajstić information content (AvgIpc) is 2.77. The molecule has 0 saturated carbocycles. The van der Waals surface area contributed by atoms with Crippen molar-refractivity contribution in [3.05, 3.63) is 34.9 Å². The molecular weight excluding hydrogens is 264 g/mol. The normalized spacial score (nSPS) is 16.5. The Hall–Kier alpha value is -0.340. The molecule has 0 radical (unpaired) electrons. The molecule has 16 heavy (non-hydrogen) atoms. The van der Waals surface area contributed by atoms with Gasteiger partial charge in [-0.15, -0.1) is 0 Å². The Labute approximate surface area is 106 Å². The lowest BCUT2D eigenvalue weighted by atomic mass is 9.93. The Morgan fingerprint density at radius 3 is 2.56 bits per heavy atom. The molecule has 88 valence electrons. The second kappa shape index (κ2) is 5.33. The van der Waals surface area contributed by atoms with Crippen LogP contribution in [0, 0.1) is 5.92 Å². The van der Waals surface area contributed by atoms with Crippen molar-refractivity contribution in [2.45, 2.75) is 44.7 Å². The topological polar surface area (TPSA) is 9.23 Å². The van der Waals surface area contributed by atoms with Crippen molar-refractivity contribution in [3.63, 3.8) is 0 Å². The van der Waals surface area contributed by atoms with Crippen molar-refractivity contribution >= 4 is 15.9 Å². The zero-order valence-corrected chi connectivity index (χ0v) is 11.6. The lowest BCUT2D eigenvalue weighted by molar-refractivity contribution is 0.134.